The maximum atomic E-state index is 10.9. The van der Waals surface area contributed by atoms with Crippen molar-refractivity contribution in [3.8, 4) is 0 Å². The van der Waals surface area contributed by atoms with Gasteiger partial charge < -0.3 is 0 Å². The van der Waals surface area contributed by atoms with Crippen LogP contribution in [0.2, 0.25) is 0 Å². The van der Waals surface area contributed by atoms with Crippen LogP contribution in [0.4, 0.5) is 0 Å². The molecule has 0 radical (unpaired) electrons. The second kappa shape index (κ2) is 4.34. The van der Waals surface area contributed by atoms with Crippen LogP contribution in [-0.4, -0.2) is 5.24 Å². The predicted molar refractivity (Wildman–Crippen MR) is 63.4 cm³/mol. The van der Waals surface area contributed by atoms with Crippen LogP contribution in [0.3, 0.4) is 0 Å². The van der Waals surface area contributed by atoms with Gasteiger partial charge in [-0.2, -0.15) is 0 Å². The molecule has 0 unspecified atom stereocenters. The largest absolute Gasteiger partial charge is 0.277 e. The van der Waals surface area contributed by atoms with Crippen molar-refractivity contribution in [2.24, 2.45) is 0 Å². The lowest BCUT2D eigenvalue weighted by atomic mass is 10.1. The van der Waals surface area contributed by atoms with Gasteiger partial charge >= 0.3 is 0 Å². The molecule has 0 aliphatic carbocycles. The Morgan fingerprint density at radius 2 is 1.85 bits per heavy atom. The number of carbonyl (C=O) groups excluding carboxylic acids is 1. The molecule has 0 atom stereocenters. The van der Waals surface area contributed by atoms with Crippen molar-refractivity contribution >= 4 is 62.6 Å². The maximum absolute atomic E-state index is 10.9. The van der Waals surface area contributed by atoms with E-state index in [0.29, 0.717) is 5.56 Å². The minimum atomic E-state index is -1.65. The molecule has 0 heterocycles. The van der Waals surface area contributed by atoms with Crippen LogP contribution < -0.4 is 0 Å². The zero-order valence-electron chi connectivity index (χ0n) is 6.23. The summed E-state index contributed by atoms with van der Waals surface area (Å²) in [5.74, 6) is 0. The first-order valence-corrected chi connectivity index (χ1v) is 5.50. The van der Waals surface area contributed by atoms with Crippen LogP contribution in [0, 0.1) is 3.57 Å². The molecule has 0 bridgehead atoms. The smallest absolute Gasteiger partial charge is 0.262 e. The van der Waals surface area contributed by atoms with Crippen molar-refractivity contribution in [3.63, 3.8) is 0 Å². The van der Waals surface area contributed by atoms with Gasteiger partial charge in [-0.1, -0.05) is 41.4 Å². The lowest BCUT2D eigenvalue weighted by Crippen LogP contribution is -2.19. The van der Waals surface area contributed by atoms with Gasteiger partial charge in [0.25, 0.3) is 5.24 Å². The average Bonchev–Trinajstić information content (AvgIpc) is 2.04. The van der Waals surface area contributed by atoms with E-state index in [9.17, 15) is 4.79 Å². The van der Waals surface area contributed by atoms with Crippen molar-refractivity contribution in [1.29, 1.82) is 0 Å². The molecular formula is C8H4Cl3IO. The van der Waals surface area contributed by atoms with Crippen molar-refractivity contribution in [3.05, 3.63) is 33.4 Å². The second-order valence-electron chi connectivity index (χ2n) is 2.33. The van der Waals surface area contributed by atoms with Gasteiger partial charge in [0, 0.05) is 9.13 Å². The van der Waals surface area contributed by atoms with Crippen molar-refractivity contribution in [2.75, 3.05) is 0 Å². The molecule has 1 aromatic carbocycles. The van der Waals surface area contributed by atoms with E-state index in [-0.39, 0.29) is 0 Å². The van der Waals surface area contributed by atoms with Crippen LogP contribution in [0.25, 0.3) is 0 Å². The highest BCUT2D eigenvalue weighted by molar-refractivity contribution is 14.1. The number of halogens is 4. The lowest BCUT2D eigenvalue weighted by Gasteiger charge is -2.16. The first kappa shape index (κ1) is 11.6. The number of hydrogen-bond donors (Lipinski definition) is 0. The van der Waals surface area contributed by atoms with Crippen LogP contribution in [-0.2, 0) is 9.13 Å². The van der Waals surface area contributed by atoms with Crippen molar-refractivity contribution in [1.82, 2.24) is 0 Å². The van der Waals surface area contributed by atoms with Gasteiger partial charge in [0.2, 0.25) is 4.33 Å². The minimum Gasteiger partial charge on any atom is -0.277 e. The zero-order chi connectivity index (χ0) is 10.1. The van der Waals surface area contributed by atoms with Gasteiger partial charge in [0.1, 0.15) is 0 Å². The van der Waals surface area contributed by atoms with Crippen LogP contribution >= 0.6 is 57.4 Å². The first-order chi connectivity index (χ1) is 5.96. The SMILES string of the molecule is O=C(Cl)C(Cl)(Cl)c1ccccc1I. The number of hydrogen-bond acceptors (Lipinski definition) is 1. The first-order valence-electron chi connectivity index (χ1n) is 3.29. The molecular weight excluding hydrogens is 345 g/mol. The Bertz CT molecular complexity index is 338. The molecule has 0 N–H and O–H groups in total. The molecule has 1 nitrogen and oxygen atoms in total. The van der Waals surface area contributed by atoms with E-state index in [0.717, 1.165) is 3.57 Å². The summed E-state index contributed by atoms with van der Waals surface area (Å²) in [6.45, 7) is 0. The molecule has 5 heteroatoms. The van der Waals surface area contributed by atoms with E-state index in [2.05, 4.69) is 0 Å². The molecule has 0 saturated carbocycles. The van der Waals surface area contributed by atoms with Gasteiger partial charge in [-0.25, -0.2) is 0 Å². The molecule has 0 saturated heterocycles. The van der Waals surface area contributed by atoms with E-state index in [1.54, 1.807) is 18.2 Å². The predicted octanol–water partition coefficient (Wildman–Crippen LogP) is 3.69. The summed E-state index contributed by atoms with van der Waals surface area (Å²) in [6.07, 6.45) is 0. The quantitative estimate of drug-likeness (QED) is 0.452. The highest BCUT2D eigenvalue weighted by atomic mass is 127. The summed E-state index contributed by atoms with van der Waals surface area (Å²) in [6, 6.07) is 7.04. The lowest BCUT2D eigenvalue weighted by molar-refractivity contribution is -0.112. The molecule has 0 aliphatic rings. The Morgan fingerprint density at radius 3 is 2.31 bits per heavy atom. The summed E-state index contributed by atoms with van der Waals surface area (Å²) in [7, 11) is 0. The molecule has 0 aliphatic heterocycles. The maximum Gasteiger partial charge on any atom is 0.262 e. The third-order valence-electron chi connectivity index (χ3n) is 1.46. The summed E-state index contributed by atoms with van der Waals surface area (Å²) in [5, 5.41) is -0.792. The molecule has 0 aromatic heterocycles. The number of alkyl halides is 2. The van der Waals surface area contributed by atoms with Crippen LogP contribution in [0.5, 0.6) is 0 Å². The normalized spacial score (nSPS) is 11.4. The number of rotatable bonds is 2. The van der Waals surface area contributed by atoms with E-state index in [4.69, 9.17) is 34.8 Å². The molecule has 0 amide bonds. The number of carbonyl (C=O) groups is 1. The Balaban J connectivity index is 3.22. The molecule has 1 aromatic rings. The fourth-order valence-electron chi connectivity index (χ4n) is 0.822. The summed E-state index contributed by atoms with van der Waals surface area (Å²) in [5.41, 5.74) is 0.513. The van der Waals surface area contributed by atoms with Crippen LogP contribution in [0.15, 0.2) is 24.3 Å². The van der Waals surface area contributed by atoms with E-state index >= 15 is 0 Å². The summed E-state index contributed by atoms with van der Waals surface area (Å²) in [4.78, 5) is 10.9. The third-order valence-corrected chi connectivity index (χ3v) is 3.63. The monoisotopic (exact) mass is 348 g/mol. The van der Waals surface area contributed by atoms with E-state index in [1.165, 1.54) is 0 Å². The fourth-order valence-corrected chi connectivity index (χ4v) is 2.36. The molecule has 0 fully saturated rings. The highest BCUT2D eigenvalue weighted by Crippen LogP contribution is 2.38. The Morgan fingerprint density at radius 1 is 1.31 bits per heavy atom. The highest BCUT2D eigenvalue weighted by Gasteiger charge is 2.35. The van der Waals surface area contributed by atoms with Crippen LogP contribution in [0.1, 0.15) is 5.56 Å². The number of benzene rings is 1. The summed E-state index contributed by atoms with van der Waals surface area (Å²) < 4.78 is -0.849. The van der Waals surface area contributed by atoms with Gasteiger partial charge in [-0.15, -0.1) is 0 Å². The molecule has 70 valence electrons. The van der Waals surface area contributed by atoms with Gasteiger partial charge in [-0.05, 0) is 40.3 Å². The summed E-state index contributed by atoms with van der Waals surface area (Å²) >= 11 is 18.9. The minimum absolute atomic E-state index is 0.513. The van der Waals surface area contributed by atoms with Crippen molar-refractivity contribution in [2.45, 2.75) is 4.33 Å². The Kier molecular flexibility index (Phi) is 3.86. The Hall–Kier alpha value is 0.490. The standard InChI is InChI=1S/C8H4Cl3IO/c9-7(13)8(10,11)5-3-1-2-4-6(5)12/h1-4H. The molecule has 1 rings (SSSR count). The van der Waals surface area contributed by atoms with E-state index < -0.39 is 9.58 Å². The topological polar surface area (TPSA) is 17.1 Å². The fraction of sp³-hybridized carbons (Fsp3) is 0.125. The average molecular weight is 349 g/mol. The second-order valence-corrected chi connectivity index (χ2v) is 5.16. The Labute approximate surface area is 104 Å². The van der Waals surface area contributed by atoms with Gasteiger partial charge in [0.05, 0.1) is 0 Å². The van der Waals surface area contributed by atoms with Gasteiger partial charge in [-0.3, -0.25) is 4.79 Å². The third kappa shape index (κ3) is 2.49. The van der Waals surface area contributed by atoms with Crippen molar-refractivity contribution < 1.29 is 4.79 Å². The molecule has 0 spiro atoms. The van der Waals surface area contributed by atoms with E-state index in [1.807, 2.05) is 28.7 Å². The van der Waals surface area contributed by atoms with Gasteiger partial charge in [0.15, 0.2) is 0 Å². The zero-order valence-corrected chi connectivity index (χ0v) is 10.7. The molecule has 13 heavy (non-hydrogen) atoms.